The highest BCUT2D eigenvalue weighted by Crippen LogP contribution is 2.58. The lowest BCUT2D eigenvalue weighted by Crippen LogP contribution is -2.05. The van der Waals surface area contributed by atoms with Crippen LogP contribution in [0.1, 0.15) is 16.4 Å². The van der Waals surface area contributed by atoms with Gasteiger partial charge < -0.3 is 5.32 Å². The van der Waals surface area contributed by atoms with E-state index >= 15 is 0 Å². The summed E-state index contributed by atoms with van der Waals surface area (Å²) in [6.07, 6.45) is 4.77. The molecular formula is C29H21NS. The third-order valence-corrected chi connectivity index (χ3v) is 7.96. The van der Waals surface area contributed by atoms with Gasteiger partial charge in [-0.05, 0) is 63.2 Å². The Kier molecular flexibility index (Phi) is 3.67. The molecule has 1 fully saturated rings. The van der Waals surface area contributed by atoms with Crippen LogP contribution in [0.2, 0.25) is 0 Å². The van der Waals surface area contributed by atoms with Crippen molar-refractivity contribution >= 4 is 44.0 Å². The molecule has 0 radical (unpaired) electrons. The summed E-state index contributed by atoms with van der Waals surface area (Å²) in [7, 11) is 0. The summed E-state index contributed by atoms with van der Waals surface area (Å²) in [4.78, 5) is 1.44. The molecule has 1 heterocycles. The van der Waals surface area contributed by atoms with E-state index in [1.807, 2.05) is 11.3 Å². The molecule has 0 amide bonds. The van der Waals surface area contributed by atoms with Crippen LogP contribution in [0.25, 0.3) is 38.1 Å². The van der Waals surface area contributed by atoms with E-state index in [-0.39, 0.29) is 0 Å². The number of fused-ring (bicyclic) bond motifs is 6. The highest BCUT2D eigenvalue weighted by molar-refractivity contribution is 7.20. The second kappa shape index (κ2) is 6.57. The summed E-state index contributed by atoms with van der Waals surface area (Å²) in [5.41, 5.74) is 5.28. The van der Waals surface area contributed by atoms with E-state index in [2.05, 4.69) is 108 Å². The number of hydrogen-bond donors (Lipinski definition) is 1. The lowest BCUT2D eigenvalue weighted by atomic mass is 9.99. The number of anilines is 1. The lowest BCUT2D eigenvalue weighted by molar-refractivity contribution is 1.01. The van der Waals surface area contributed by atoms with Crippen LogP contribution < -0.4 is 5.32 Å². The topological polar surface area (TPSA) is 12.0 Å². The van der Waals surface area contributed by atoms with Crippen LogP contribution in [0.3, 0.4) is 0 Å². The first kappa shape index (κ1) is 17.3. The van der Waals surface area contributed by atoms with Crippen LogP contribution in [0.5, 0.6) is 0 Å². The molecule has 1 aromatic heterocycles. The quantitative estimate of drug-likeness (QED) is 0.315. The Morgan fingerprint density at radius 3 is 2.23 bits per heavy atom. The largest absolute Gasteiger partial charge is 0.381 e. The monoisotopic (exact) mass is 415 g/mol. The van der Waals surface area contributed by atoms with Crippen molar-refractivity contribution in [1.29, 1.82) is 0 Å². The van der Waals surface area contributed by atoms with Gasteiger partial charge in [0.1, 0.15) is 0 Å². The molecule has 0 aliphatic heterocycles. The molecule has 2 aliphatic carbocycles. The summed E-state index contributed by atoms with van der Waals surface area (Å²) >= 11 is 1.94. The maximum Gasteiger partial charge on any atom is 0.0406 e. The Morgan fingerprint density at radius 2 is 1.42 bits per heavy atom. The first-order valence-electron chi connectivity index (χ1n) is 10.9. The lowest BCUT2D eigenvalue weighted by Gasteiger charge is -2.08. The van der Waals surface area contributed by atoms with E-state index in [1.54, 1.807) is 5.56 Å². The zero-order valence-electron chi connectivity index (χ0n) is 17.0. The molecular weight excluding hydrogens is 394 g/mol. The van der Waals surface area contributed by atoms with Crippen molar-refractivity contribution in [2.75, 3.05) is 5.32 Å². The average Bonchev–Trinajstić information content (AvgIpc) is 3.39. The van der Waals surface area contributed by atoms with Crippen LogP contribution in [0.15, 0.2) is 97.1 Å². The SMILES string of the molecule is C1=CC2C(Nc3ccc(-c4ccccc4)cc3)C2c2c1sc1cc3ccccc3cc21. The van der Waals surface area contributed by atoms with Gasteiger partial charge in [-0.2, -0.15) is 0 Å². The van der Waals surface area contributed by atoms with Crippen LogP contribution >= 0.6 is 11.3 Å². The Balaban J connectivity index is 1.20. The third kappa shape index (κ3) is 2.75. The fourth-order valence-corrected chi connectivity index (χ4v) is 6.40. The van der Waals surface area contributed by atoms with Gasteiger partial charge in [0.25, 0.3) is 0 Å². The molecule has 1 saturated carbocycles. The van der Waals surface area contributed by atoms with E-state index in [1.165, 1.54) is 42.6 Å². The number of benzene rings is 4. The molecule has 7 rings (SSSR count). The Hall–Kier alpha value is -3.36. The van der Waals surface area contributed by atoms with E-state index in [9.17, 15) is 0 Å². The molecule has 148 valence electrons. The summed E-state index contributed by atoms with van der Waals surface area (Å²) in [5.74, 6) is 1.16. The molecule has 1 nitrogen and oxygen atoms in total. The first-order chi connectivity index (χ1) is 15.3. The van der Waals surface area contributed by atoms with Gasteiger partial charge in [0, 0.05) is 33.1 Å². The highest BCUT2D eigenvalue weighted by Gasteiger charge is 2.52. The van der Waals surface area contributed by atoms with E-state index < -0.39 is 0 Å². The molecule has 2 heteroatoms. The molecule has 0 bridgehead atoms. The van der Waals surface area contributed by atoms with Crippen molar-refractivity contribution in [3.05, 3.63) is 108 Å². The molecule has 3 atom stereocenters. The van der Waals surface area contributed by atoms with Crippen molar-refractivity contribution in [2.45, 2.75) is 12.0 Å². The molecule has 1 N–H and O–H groups in total. The summed E-state index contributed by atoms with van der Waals surface area (Å²) in [6.45, 7) is 0. The van der Waals surface area contributed by atoms with Gasteiger partial charge in [-0.3, -0.25) is 0 Å². The van der Waals surface area contributed by atoms with E-state index in [4.69, 9.17) is 0 Å². The predicted octanol–water partition coefficient (Wildman–Crippen LogP) is 7.94. The van der Waals surface area contributed by atoms with Gasteiger partial charge in [-0.1, -0.05) is 72.8 Å². The summed E-state index contributed by atoms with van der Waals surface area (Å²) in [5, 5.41) is 7.94. The normalized spacial score (nSPS) is 21.1. The zero-order valence-corrected chi connectivity index (χ0v) is 17.8. The highest BCUT2D eigenvalue weighted by atomic mass is 32.1. The molecule has 5 aromatic rings. The van der Waals surface area contributed by atoms with Crippen LogP contribution in [0.4, 0.5) is 5.69 Å². The van der Waals surface area contributed by atoms with Gasteiger partial charge in [0.05, 0.1) is 0 Å². The van der Waals surface area contributed by atoms with Gasteiger partial charge in [0.15, 0.2) is 0 Å². The third-order valence-electron chi connectivity index (χ3n) is 6.83. The Morgan fingerprint density at radius 1 is 0.710 bits per heavy atom. The zero-order chi connectivity index (χ0) is 20.4. The molecule has 3 unspecified atom stereocenters. The van der Waals surface area contributed by atoms with Gasteiger partial charge in [-0.25, -0.2) is 0 Å². The Labute approximate surface area is 185 Å². The van der Waals surface area contributed by atoms with Crippen molar-refractivity contribution in [3.8, 4) is 11.1 Å². The minimum Gasteiger partial charge on any atom is -0.381 e. The van der Waals surface area contributed by atoms with E-state index in [0.29, 0.717) is 17.9 Å². The van der Waals surface area contributed by atoms with Crippen molar-refractivity contribution in [3.63, 3.8) is 0 Å². The van der Waals surface area contributed by atoms with Crippen LogP contribution in [-0.2, 0) is 0 Å². The van der Waals surface area contributed by atoms with Gasteiger partial charge >= 0.3 is 0 Å². The Bertz CT molecular complexity index is 1460. The molecule has 31 heavy (non-hydrogen) atoms. The molecule has 2 aliphatic rings. The van der Waals surface area contributed by atoms with Gasteiger partial charge in [0.2, 0.25) is 0 Å². The van der Waals surface area contributed by atoms with E-state index in [0.717, 1.165) is 0 Å². The first-order valence-corrected chi connectivity index (χ1v) is 11.7. The van der Waals surface area contributed by atoms with Crippen LogP contribution in [-0.4, -0.2) is 6.04 Å². The van der Waals surface area contributed by atoms with Crippen molar-refractivity contribution < 1.29 is 0 Å². The second-order valence-electron chi connectivity index (χ2n) is 8.65. The summed E-state index contributed by atoms with van der Waals surface area (Å²) < 4.78 is 1.41. The average molecular weight is 416 g/mol. The number of rotatable bonds is 3. The number of hydrogen-bond acceptors (Lipinski definition) is 2. The fourth-order valence-electron chi connectivity index (χ4n) is 5.20. The minimum absolute atomic E-state index is 0.476. The second-order valence-corrected chi connectivity index (χ2v) is 9.74. The molecule has 0 spiro atoms. The maximum absolute atomic E-state index is 3.82. The minimum atomic E-state index is 0.476. The number of thiophene rings is 1. The standard InChI is InChI=1S/C29H21NS/c1-2-6-18(7-3-1)19-10-12-22(13-11-19)30-29-23-14-15-25-27(28(23)29)24-16-20-8-4-5-9-21(20)17-26(24)31-25/h1-17,23,28-30H. The number of nitrogens with one attached hydrogen (secondary N) is 1. The van der Waals surface area contributed by atoms with Crippen molar-refractivity contribution in [2.24, 2.45) is 5.92 Å². The fraction of sp³-hybridized carbons (Fsp3) is 0.103. The van der Waals surface area contributed by atoms with Crippen LogP contribution in [0, 0.1) is 5.92 Å². The van der Waals surface area contributed by atoms with Crippen molar-refractivity contribution in [1.82, 2.24) is 0 Å². The smallest absolute Gasteiger partial charge is 0.0406 e. The maximum atomic E-state index is 3.82. The predicted molar refractivity (Wildman–Crippen MR) is 134 cm³/mol. The van der Waals surface area contributed by atoms with Gasteiger partial charge in [-0.15, -0.1) is 11.3 Å². The molecule has 0 saturated heterocycles. The summed E-state index contributed by atoms with van der Waals surface area (Å²) in [6, 6.07) is 33.4. The molecule has 4 aromatic carbocycles.